The quantitative estimate of drug-likeness (QED) is 0.725. The van der Waals surface area contributed by atoms with Crippen LogP contribution in [-0.2, 0) is 4.74 Å². The molecule has 1 heterocycles. The summed E-state index contributed by atoms with van der Waals surface area (Å²) in [6, 6.07) is 1.76. The summed E-state index contributed by atoms with van der Waals surface area (Å²) in [5, 5.41) is 9.75. The normalized spacial score (nSPS) is 12.5. The molecule has 4 heteroatoms. The van der Waals surface area contributed by atoms with E-state index < -0.39 is 6.10 Å². The number of pyridine rings is 1. The lowest BCUT2D eigenvalue weighted by atomic mass is 10.2. The smallest absolute Gasteiger partial charge is 0.137 e. The van der Waals surface area contributed by atoms with E-state index in [2.05, 4.69) is 4.98 Å². The van der Waals surface area contributed by atoms with Crippen LogP contribution in [0.2, 0.25) is 0 Å². The number of ether oxygens (including phenoxy) is 2. The zero-order valence-electron chi connectivity index (χ0n) is 9.14. The number of aliphatic hydroxyl groups excluding tert-OH is 1. The lowest BCUT2D eigenvalue weighted by Gasteiger charge is -2.11. The topological polar surface area (TPSA) is 51.6 Å². The Labute approximate surface area is 89.9 Å². The summed E-state index contributed by atoms with van der Waals surface area (Å²) in [6.07, 6.45) is 3.52. The Hall–Kier alpha value is -1.13. The van der Waals surface area contributed by atoms with Crippen LogP contribution in [0.3, 0.4) is 0 Å². The third kappa shape index (κ3) is 3.85. The van der Waals surface area contributed by atoms with Crippen molar-refractivity contribution in [2.75, 3.05) is 20.3 Å². The van der Waals surface area contributed by atoms with E-state index in [-0.39, 0.29) is 0 Å². The Morgan fingerprint density at radius 1 is 1.47 bits per heavy atom. The van der Waals surface area contributed by atoms with Crippen LogP contribution in [0.25, 0.3) is 0 Å². The van der Waals surface area contributed by atoms with Crippen LogP contribution in [0.5, 0.6) is 5.75 Å². The number of methoxy groups -OCH3 is 1. The number of aliphatic hydroxyl groups is 1. The Morgan fingerprint density at radius 2 is 2.27 bits per heavy atom. The highest BCUT2D eigenvalue weighted by Gasteiger charge is 2.08. The highest BCUT2D eigenvalue weighted by Crippen LogP contribution is 2.17. The lowest BCUT2D eigenvalue weighted by Crippen LogP contribution is -2.08. The van der Waals surface area contributed by atoms with Gasteiger partial charge in [0.1, 0.15) is 11.9 Å². The van der Waals surface area contributed by atoms with Crippen LogP contribution in [0.1, 0.15) is 25.0 Å². The Bertz CT molecular complexity index is 291. The van der Waals surface area contributed by atoms with Gasteiger partial charge >= 0.3 is 0 Å². The second-order valence-corrected chi connectivity index (χ2v) is 3.25. The van der Waals surface area contributed by atoms with E-state index in [9.17, 15) is 5.11 Å². The van der Waals surface area contributed by atoms with E-state index in [1.165, 1.54) is 0 Å². The Morgan fingerprint density at radius 3 is 2.93 bits per heavy atom. The van der Waals surface area contributed by atoms with E-state index >= 15 is 0 Å². The van der Waals surface area contributed by atoms with Crippen molar-refractivity contribution < 1.29 is 14.6 Å². The molecule has 4 nitrogen and oxygen atoms in total. The number of aromatic nitrogens is 1. The van der Waals surface area contributed by atoms with Crippen LogP contribution in [0.15, 0.2) is 18.5 Å². The minimum absolute atomic E-state index is 0.294. The molecule has 1 aromatic rings. The fourth-order valence-corrected chi connectivity index (χ4v) is 1.16. The molecule has 0 radical (unpaired) electrons. The summed E-state index contributed by atoms with van der Waals surface area (Å²) in [7, 11) is 1.57. The average Bonchev–Trinajstić information content (AvgIpc) is 2.29. The third-order valence-electron chi connectivity index (χ3n) is 1.98. The number of hydrogen-bond acceptors (Lipinski definition) is 4. The summed E-state index contributed by atoms with van der Waals surface area (Å²) in [5.74, 6) is 0.641. The maximum Gasteiger partial charge on any atom is 0.137 e. The van der Waals surface area contributed by atoms with E-state index in [0.717, 1.165) is 6.42 Å². The molecule has 1 aromatic heterocycles. The molecule has 1 atom stereocenters. The fourth-order valence-electron chi connectivity index (χ4n) is 1.16. The summed E-state index contributed by atoms with van der Waals surface area (Å²) in [4.78, 5) is 3.96. The monoisotopic (exact) mass is 211 g/mol. The highest BCUT2D eigenvalue weighted by atomic mass is 16.5. The Balaban J connectivity index is 2.52. The van der Waals surface area contributed by atoms with E-state index in [0.29, 0.717) is 24.5 Å². The van der Waals surface area contributed by atoms with E-state index in [1.807, 2.05) is 6.92 Å². The summed E-state index contributed by atoms with van der Waals surface area (Å²) in [5.41, 5.74) is 0.713. The van der Waals surface area contributed by atoms with Gasteiger partial charge in [0, 0.05) is 18.4 Å². The molecular formula is C11H17NO3. The molecular weight excluding hydrogens is 194 g/mol. The second kappa shape index (κ2) is 6.37. The van der Waals surface area contributed by atoms with Gasteiger partial charge in [0.2, 0.25) is 0 Å². The molecule has 0 bridgehead atoms. The first-order valence-corrected chi connectivity index (χ1v) is 5.02. The molecule has 0 aliphatic heterocycles. The highest BCUT2D eigenvalue weighted by molar-refractivity contribution is 5.24. The molecule has 0 fully saturated rings. The zero-order chi connectivity index (χ0) is 11.1. The van der Waals surface area contributed by atoms with Gasteiger partial charge in [-0.3, -0.25) is 4.98 Å². The lowest BCUT2D eigenvalue weighted by molar-refractivity contribution is 0.0361. The largest absolute Gasteiger partial charge is 0.495 e. The van der Waals surface area contributed by atoms with Crippen molar-refractivity contribution in [1.82, 2.24) is 4.98 Å². The first-order chi connectivity index (χ1) is 7.27. The minimum Gasteiger partial charge on any atom is -0.495 e. The predicted molar refractivity (Wildman–Crippen MR) is 56.9 cm³/mol. The van der Waals surface area contributed by atoms with Gasteiger partial charge < -0.3 is 14.6 Å². The van der Waals surface area contributed by atoms with Gasteiger partial charge in [-0.25, -0.2) is 0 Å². The van der Waals surface area contributed by atoms with Gasteiger partial charge in [-0.1, -0.05) is 6.92 Å². The molecule has 84 valence electrons. The molecule has 0 aromatic carbocycles. The first-order valence-electron chi connectivity index (χ1n) is 5.02. The maximum absolute atomic E-state index is 9.75. The van der Waals surface area contributed by atoms with Gasteiger partial charge in [0.25, 0.3) is 0 Å². The summed E-state index contributed by atoms with van der Waals surface area (Å²) in [6.45, 7) is 2.98. The molecule has 0 spiro atoms. The van der Waals surface area contributed by atoms with Crippen molar-refractivity contribution in [3.63, 3.8) is 0 Å². The molecule has 0 saturated carbocycles. The number of hydrogen-bond donors (Lipinski definition) is 1. The Kier molecular flexibility index (Phi) is 5.07. The zero-order valence-corrected chi connectivity index (χ0v) is 9.14. The van der Waals surface area contributed by atoms with Crippen LogP contribution in [0.4, 0.5) is 0 Å². The molecule has 0 saturated heterocycles. The van der Waals surface area contributed by atoms with E-state index in [1.54, 1.807) is 25.6 Å². The van der Waals surface area contributed by atoms with Crippen molar-refractivity contribution >= 4 is 0 Å². The molecule has 1 N–H and O–H groups in total. The molecule has 15 heavy (non-hydrogen) atoms. The predicted octanol–water partition coefficient (Wildman–Crippen LogP) is 1.55. The fraction of sp³-hybridized carbons (Fsp3) is 0.545. The summed E-state index contributed by atoms with van der Waals surface area (Å²) >= 11 is 0. The number of rotatable bonds is 6. The van der Waals surface area contributed by atoms with Crippen molar-refractivity contribution in [1.29, 1.82) is 0 Å². The van der Waals surface area contributed by atoms with E-state index in [4.69, 9.17) is 9.47 Å². The molecule has 1 unspecified atom stereocenters. The van der Waals surface area contributed by atoms with Crippen LogP contribution >= 0.6 is 0 Å². The second-order valence-electron chi connectivity index (χ2n) is 3.25. The van der Waals surface area contributed by atoms with Crippen molar-refractivity contribution in [3.8, 4) is 5.75 Å². The van der Waals surface area contributed by atoms with Crippen molar-refractivity contribution in [2.24, 2.45) is 0 Å². The minimum atomic E-state index is -0.640. The van der Waals surface area contributed by atoms with Gasteiger partial charge in [0.15, 0.2) is 0 Å². The van der Waals surface area contributed by atoms with Crippen LogP contribution in [-0.4, -0.2) is 30.4 Å². The first kappa shape index (κ1) is 11.9. The standard InChI is InChI=1S/C11H17NO3/c1-3-4-15-8-11(13)9-5-10(14-2)7-12-6-9/h5-7,11,13H,3-4,8H2,1-2H3. The SMILES string of the molecule is CCCOCC(O)c1cncc(OC)c1. The molecule has 0 aliphatic rings. The maximum atomic E-state index is 9.75. The van der Waals surface area contributed by atoms with Crippen LogP contribution in [0, 0.1) is 0 Å². The van der Waals surface area contributed by atoms with Gasteiger partial charge in [-0.05, 0) is 12.5 Å². The number of nitrogens with zero attached hydrogens (tertiary/aromatic N) is 1. The van der Waals surface area contributed by atoms with Crippen molar-refractivity contribution in [3.05, 3.63) is 24.0 Å². The third-order valence-corrected chi connectivity index (χ3v) is 1.98. The van der Waals surface area contributed by atoms with Crippen molar-refractivity contribution in [2.45, 2.75) is 19.4 Å². The average molecular weight is 211 g/mol. The van der Waals surface area contributed by atoms with Gasteiger partial charge in [0.05, 0.1) is 19.9 Å². The van der Waals surface area contributed by atoms with Gasteiger partial charge in [-0.15, -0.1) is 0 Å². The van der Waals surface area contributed by atoms with Crippen LogP contribution < -0.4 is 4.74 Å². The molecule has 1 rings (SSSR count). The molecule has 0 amide bonds. The molecule has 0 aliphatic carbocycles. The summed E-state index contributed by atoms with van der Waals surface area (Å²) < 4.78 is 10.3. The van der Waals surface area contributed by atoms with Gasteiger partial charge in [-0.2, -0.15) is 0 Å².